The van der Waals surface area contributed by atoms with Crippen LogP contribution >= 0.6 is 0 Å². The first-order valence-corrected chi connectivity index (χ1v) is 10.5. The van der Waals surface area contributed by atoms with E-state index in [1.165, 1.54) is 0 Å². The first kappa shape index (κ1) is 24.4. The van der Waals surface area contributed by atoms with Gasteiger partial charge in [-0.1, -0.05) is 38.1 Å². The van der Waals surface area contributed by atoms with Gasteiger partial charge in [0.1, 0.15) is 23.2 Å². The van der Waals surface area contributed by atoms with E-state index in [1.807, 2.05) is 6.07 Å². The van der Waals surface area contributed by atoms with Gasteiger partial charge in [0.15, 0.2) is 0 Å². The van der Waals surface area contributed by atoms with Crippen molar-refractivity contribution in [3.8, 4) is 0 Å². The molecule has 0 spiro atoms. The van der Waals surface area contributed by atoms with Crippen molar-refractivity contribution in [1.29, 1.82) is 0 Å². The molecule has 0 bridgehead atoms. The van der Waals surface area contributed by atoms with E-state index in [4.69, 9.17) is 0 Å². The smallest absolute Gasteiger partial charge is 0.323 e. The molecule has 7 nitrogen and oxygen atoms in total. The zero-order chi connectivity index (χ0) is 24.7. The number of carbonyl (C=O) groups is 3. The van der Waals surface area contributed by atoms with Crippen molar-refractivity contribution in [3.63, 3.8) is 0 Å². The van der Waals surface area contributed by atoms with Gasteiger partial charge >= 0.3 is 6.03 Å². The quantitative estimate of drug-likeness (QED) is 0.394. The van der Waals surface area contributed by atoms with Crippen LogP contribution in [0, 0.1) is 17.6 Å². The van der Waals surface area contributed by atoms with Crippen LogP contribution in [0.2, 0.25) is 0 Å². The molecule has 4 N–H and O–H groups in total. The lowest BCUT2D eigenvalue weighted by Gasteiger charge is -2.22. The van der Waals surface area contributed by atoms with E-state index in [0.717, 1.165) is 18.2 Å². The third kappa shape index (κ3) is 6.38. The van der Waals surface area contributed by atoms with Gasteiger partial charge in [-0.15, -0.1) is 0 Å². The molecule has 9 heteroatoms. The number of rotatable bonds is 7. The van der Waals surface area contributed by atoms with Crippen LogP contribution < -0.4 is 21.3 Å². The highest BCUT2D eigenvalue weighted by atomic mass is 19.1. The summed E-state index contributed by atoms with van der Waals surface area (Å²) in [7, 11) is 0. The number of anilines is 3. The average molecular weight is 466 g/mol. The van der Waals surface area contributed by atoms with Crippen LogP contribution in [0.1, 0.15) is 24.2 Å². The highest BCUT2D eigenvalue weighted by Crippen LogP contribution is 2.17. The minimum absolute atomic E-state index is 0.360. The van der Waals surface area contributed by atoms with Gasteiger partial charge in [-0.2, -0.15) is 0 Å². The van der Waals surface area contributed by atoms with Gasteiger partial charge in [0.2, 0.25) is 5.91 Å². The Balaban J connectivity index is 1.61. The number of amides is 4. The predicted molar refractivity (Wildman–Crippen MR) is 127 cm³/mol. The fraction of sp³-hybridized carbons (Fsp3) is 0.160. The van der Waals surface area contributed by atoms with Crippen LogP contribution in [0.4, 0.5) is 30.6 Å². The molecule has 0 aliphatic carbocycles. The minimum Gasteiger partial charge on any atom is -0.340 e. The highest BCUT2D eigenvalue weighted by Gasteiger charge is 2.27. The summed E-state index contributed by atoms with van der Waals surface area (Å²) in [5.41, 5.74) is 0.803. The second kappa shape index (κ2) is 11.0. The monoisotopic (exact) mass is 466 g/mol. The Hall–Kier alpha value is -4.27. The van der Waals surface area contributed by atoms with Crippen molar-refractivity contribution in [2.75, 3.05) is 16.0 Å². The molecule has 0 saturated heterocycles. The lowest BCUT2D eigenvalue weighted by Crippen LogP contribution is -2.47. The molecular weight excluding hydrogens is 442 g/mol. The second-order valence-electron chi connectivity index (χ2n) is 7.80. The summed E-state index contributed by atoms with van der Waals surface area (Å²) in [5, 5.41) is 10.4. The maximum Gasteiger partial charge on any atom is 0.323 e. The molecule has 176 valence electrons. The molecule has 3 aromatic carbocycles. The van der Waals surface area contributed by atoms with Crippen LogP contribution in [0.25, 0.3) is 0 Å². The standard InChI is InChI=1S/C25H24F2N4O3/c1-15(2)22(31-23(32)21-19(26)9-6-10-20(21)27)24(33)28-17-11-13-18(14-12-17)30-25(34)29-16-7-4-3-5-8-16/h3-15,22H,1-2H3,(H,28,33)(H,31,32)(H2,29,30,34). The molecule has 0 heterocycles. The van der Waals surface area contributed by atoms with E-state index >= 15 is 0 Å². The van der Waals surface area contributed by atoms with Crippen molar-refractivity contribution < 1.29 is 23.2 Å². The Morgan fingerprint density at radius 1 is 0.676 bits per heavy atom. The Kier molecular flexibility index (Phi) is 7.92. The largest absolute Gasteiger partial charge is 0.340 e. The maximum absolute atomic E-state index is 13.9. The zero-order valence-corrected chi connectivity index (χ0v) is 18.6. The molecule has 0 aliphatic heterocycles. The molecule has 34 heavy (non-hydrogen) atoms. The number of carbonyl (C=O) groups excluding carboxylic acids is 3. The molecule has 0 fully saturated rings. The second-order valence-corrected chi connectivity index (χ2v) is 7.80. The Bertz CT molecular complexity index is 1150. The number of hydrogen-bond acceptors (Lipinski definition) is 3. The van der Waals surface area contributed by atoms with Gasteiger partial charge in [-0.3, -0.25) is 9.59 Å². The van der Waals surface area contributed by atoms with E-state index in [9.17, 15) is 23.2 Å². The summed E-state index contributed by atoms with van der Waals surface area (Å²) < 4.78 is 27.8. The number of para-hydroxylation sites is 1. The van der Waals surface area contributed by atoms with Gasteiger partial charge in [-0.25, -0.2) is 13.6 Å². The number of urea groups is 1. The lowest BCUT2D eigenvalue weighted by molar-refractivity contribution is -0.118. The molecule has 3 rings (SSSR count). The first-order chi connectivity index (χ1) is 16.2. The van der Waals surface area contributed by atoms with Gasteiger partial charge in [0.05, 0.1) is 0 Å². The number of halogens is 2. The summed E-state index contributed by atoms with van der Waals surface area (Å²) in [6.07, 6.45) is 0. The zero-order valence-electron chi connectivity index (χ0n) is 18.6. The van der Waals surface area contributed by atoms with E-state index in [0.29, 0.717) is 17.1 Å². The van der Waals surface area contributed by atoms with Crippen LogP contribution in [0.5, 0.6) is 0 Å². The number of nitrogens with one attached hydrogen (secondary N) is 4. The van der Waals surface area contributed by atoms with E-state index in [1.54, 1.807) is 62.4 Å². The molecule has 1 unspecified atom stereocenters. The van der Waals surface area contributed by atoms with Crippen molar-refractivity contribution >= 4 is 34.9 Å². The molecule has 1 atom stereocenters. The maximum atomic E-state index is 13.9. The molecule has 0 aromatic heterocycles. The van der Waals surface area contributed by atoms with Crippen molar-refractivity contribution in [2.45, 2.75) is 19.9 Å². The molecule has 4 amide bonds. The van der Waals surface area contributed by atoms with E-state index in [2.05, 4.69) is 21.3 Å². The molecular formula is C25H24F2N4O3. The van der Waals surface area contributed by atoms with Gasteiger partial charge < -0.3 is 21.3 Å². The number of hydrogen-bond donors (Lipinski definition) is 4. The van der Waals surface area contributed by atoms with Crippen LogP contribution in [0.3, 0.4) is 0 Å². The molecule has 0 aliphatic rings. The summed E-state index contributed by atoms with van der Waals surface area (Å²) >= 11 is 0. The van der Waals surface area contributed by atoms with Gasteiger partial charge in [0.25, 0.3) is 5.91 Å². The average Bonchev–Trinajstić information content (AvgIpc) is 2.79. The molecule has 0 saturated carbocycles. The highest BCUT2D eigenvalue weighted by molar-refractivity contribution is 6.02. The van der Waals surface area contributed by atoms with E-state index in [-0.39, 0.29) is 5.92 Å². The normalized spacial score (nSPS) is 11.4. The summed E-state index contributed by atoms with van der Waals surface area (Å²) in [6.45, 7) is 3.39. The number of benzene rings is 3. The van der Waals surface area contributed by atoms with Crippen molar-refractivity contribution in [2.24, 2.45) is 5.92 Å². The van der Waals surface area contributed by atoms with Gasteiger partial charge in [0, 0.05) is 17.1 Å². The van der Waals surface area contributed by atoms with Crippen LogP contribution in [0.15, 0.2) is 72.8 Å². The van der Waals surface area contributed by atoms with Crippen LogP contribution in [-0.2, 0) is 4.79 Å². The van der Waals surface area contributed by atoms with E-state index < -0.39 is 41.1 Å². The Morgan fingerprint density at radius 2 is 1.18 bits per heavy atom. The fourth-order valence-electron chi connectivity index (χ4n) is 3.13. The lowest BCUT2D eigenvalue weighted by atomic mass is 10.0. The summed E-state index contributed by atoms with van der Waals surface area (Å²) in [4.78, 5) is 37.3. The SMILES string of the molecule is CC(C)C(NC(=O)c1c(F)cccc1F)C(=O)Nc1ccc(NC(=O)Nc2ccccc2)cc1. The van der Waals surface area contributed by atoms with Crippen molar-refractivity contribution in [1.82, 2.24) is 5.32 Å². The minimum atomic E-state index is -1.04. The Labute approximate surface area is 195 Å². The van der Waals surface area contributed by atoms with Crippen molar-refractivity contribution in [3.05, 3.63) is 90.0 Å². The predicted octanol–water partition coefficient (Wildman–Crippen LogP) is 5.00. The van der Waals surface area contributed by atoms with Gasteiger partial charge in [-0.05, 0) is 54.4 Å². The summed E-state index contributed by atoms with van der Waals surface area (Å²) in [6, 6.07) is 16.9. The first-order valence-electron chi connectivity index (χ1n) is 10.5. The third-order valence-electron chi connectivity index (χ3n) is 4.87. The van der Waals surface area contributed by atoms with Crippen LogP contribution in [-0.4, -0.2) is 23.9 Å². The summed E-state index contributed by atoms with van der Waals surface area (Å²) in [5.74, 6) is -3.96. The molecule has 3 aromatic rings. The fourth-order valence-corrected chi connectivity index (χ4v) is 3.13. The Morgan fingerprint density at radius 3 is 1.71 bits per heavy atom. The topological polar surface area (TPSA) is 99.3 Å². The molecule has 0 radical (unpaired) electrons. The third-order valence-corrected chi connectivity index (χ3v) is 4.87.